The number of aryl methyl sites for hydroxylation is 2. The molecule has 0 unspecified atom stereocenters. The summed E-state index contributed by atoms with van der Waals surface area (Å²) in [5, 5.41) is 2.95. The summed E-state index contributed by atoms with van der Waals surface area (Å²) < 4.78 is 5.31. The highest BCUT2D eigenvalue weighted by molar-refractivity contribution is 5.88. The van der Waals surface area contributed by atoms with Crippen molar-refractivity contribution in [3.63, 3.8) is 0 Å². The molecule has 162 valence electrons. The average Bonchev–Trinajstić information content (AvgIpc) is 2.72. The third-order valence-electron chi connectivity index (χ3n) is 5.19. The van der Waals surface area contributed by atoms with E-state index in [4.69, 9.17) is 4.74 Å². The van der Waals surface area contributed by atoms with Crippen LogP contribution < -0.4 is 10.1 Å². The fourth-order valence-corrected chi connectivity index (χ4v) is 3.26. The van der Waals surface area contributed by atoms with Crippen LogP contribution in [-0.4, -0.2) is 36.4 Å². The Labute approximate surface area is 180 Å². The van der Waals surface area contributed by atoms with Crippen LogP contribution in [0.2, 0.25) is 0 Å². The molecule has 30 heavy (non-hydrogen) atoms. The van der Waals surface area contributed by atoms with Gasteiger partial charge in [-0.15, -0.1) is 0 Å². The number of rotatable bonds is 9. The number of hydrogen-bond donors (Lipinski definition) is 1. The maximum atomic E-state index is 13.3. The van der Waals surface area contributed by atoms with Crippen LogP contribution in [0.5, 0.6) is 5.75 Å². The predicted octanol–water partition coefficient (Wildman–Crippen LogP) is 4.04. The number of amides is 2. The van der Waals surface area contributed by atoms with Crippen molar-refractivity contribution in [2.24, 2.45) is 5.92 Å². The van der Waals surface area contributed by atoms with E-state index >= 15 is 0 Å². The number of carbonyl (C=O) groups is 2. The predicted molar refractivity (Wildman–Crippen MR) is 120 cm³/mol. The molecule has 2 rings (SSSR count). The second kappa shape index (κ2) is 10.8. The molecule has 1 N–H and O–H groups in total. The zero-order valence-electron chi connectivity index (χ0n) is 19.0. The van der Waals surface area contributed by atoms with Crippen LogP contribution in [0.15, 0.2) is 42.5 Å². The van der Waals surface area contributed by atoms with Gasteiger partial charge in [-0.2, -0.15) is 0 Å². The molecule has 0 aliphatic rings. The van der Waals surface area contributed by atoms with Gasteiger partial charge in [-0.3, -0.25) is 9.59 Å². The monoisotopic (exact) mass is 410 g/mol. The lowest BCUT2D eigenvalue weighted by atomic mass is 10.0. The molecule has 0 fully saturated rings. The number of methoxy groups -OCH3 is 1. The van der Waals surface area contributed by atoms with Crippen molar-refractivity contribution in [2.75, 3.05) is 13.7 Å². The molecule has 2 aromatic carbocycles. The Morgan fingerprint density at radius 1 is 1.07 bits per heavy atom. The van der Waals surface area contributed by atoms with E-state index in [1.165, 1.54) is 0 Å². The Morgan fingerprint density at radius 3 is 2.47 bits per heavy atom. The van der Waals surface area contributed by atoms with Gasteiger partial charge in [-0.1, -0.05) is 49.7 Å². The summed E-state index contributed by atoms with van der Waals surface area (Å²) in [7, 11) is 1.62. The van der Waals surface area contributed by atoms with E-state index in [-0.39, 0.29) is 18.2 Å². The van der Waals surface area contributed by atoms with Crippen molar-refractivity contribution >= 4 is 11.8 Å². The third kappa shape index (κ3) is 6.61. The van der Waals surface area contributed by atoms with E-state index in [2.05, 4.69) is 5.32 Å². The van der Waals surface area contributed by atoms with Crippen LogP contribution >= 0.6 is 0 Å². The van der Waals surface area contributed by atoms with Crippen LogP contribution in [0, 0.1) is 19.8 Å². The molecule has 0 bridgehead atoms. The maximum Gasteiger partial charge on any atom is 0.242 e. The molecule has 2 amide bonds. The molecular weight excluding hydrogens is 376 g/mol. The van der Waals surface area contributed by atoms with Gasteiger partial charge < -0.3 is 15.0 Å². The lowest BCUT2D eigenvalue weighted by Crippen LogP contribution is -2.48. The van der Waals surface area contributed by atoms with Crippen molar-refractivity contribution in [3.05, 3.63) is 64.7 Å². The first-order chi connectivity index (χ1) is 14.2. The summed E-state index contributed by atoms with van der Waals surface area (Å²) in [6.45, 7) is 10.8. The van der Waals surface area contributed by atoms with Crippen molar-refractivity contribution in [2.45, 2.75) is 53.6 Å². The fraction of sp³-hybridized carbons (Fsp3) is 0.440. The van der Waals surface area contributed by atoms with E-state index < -0.39 is 6.04 Å². The highest BCUT2D eigenvalue weighted by Gasteiger charge is 2.26. The Kier molecular flexibility index (Phi) is 8.46. The van der Waals surface area contributed by atoms with Gasteiger partial charge in [-0.25, -0.2) is 0 Å². The first kappa shape index (κ1) is 23.5. The molecule has 5 nitrogen and oxygen atoms in total. The summed E-state index contributed by atoms with van der Waals surface area (Å²) in [6.07, 6.45) is 0.263. The van der Waals surface area contributed by atoms with Crippen molar-refractivity contribution in [1.82, 2.24) is 10.2 Å². The van der Waals surface area contributed by atoms with Crippen molar-refractivity contribution in [3.8, 4) is 5.75 Å². The summed E-state index contributed by atoms with van der Waals surface area (Å²) in [6, 6.07) is 13.1. The van der Waals surface area contributed by atoms with E-state index in [9.17, 15) is 9.59 Å². The van der Waals surface area contributed by atoms with E-state index in [1.807, 2.05) is 70.2 Å². The normalized spacial score (nSPS) is 11.8. The molecule has 0 spiro atoms. The summed E-state index contributed by atoms with van der Waals surface area (Å²) in [5.74, 6) is 0.865. The summed E-state index contributed by atoms with van der Waals surface area (Å²) in [4.78, 5) is 27.7. The molecule has 0 radical (unpaired) electrons. The number of ether oxygens (including phenoxy) is 1. The first-order valence-electron chi connectivity index (χ1n) is 10.5. The molecule has 5 heteroatoms. The zero-order chi connectivity index (χ0) is 22.3. The lowest BCUT2D eigenvalue weighted by Gasteiger charge is -2.29. The standard InChI is InChI=1S/C25H34N2O3/c1-17(2)15-26-25(29)20(5)27(16-21-8-7-9-23(13-21)30-6)24(28)14-22-12-18(3)10-11-19(22)4/h7-13,17,20H,14-16H2,1-6H3,(H,26,29)/t20-/m0/s1. The molecule has 0 aliphatic heterocycles. The Hall–Kier alpha value is -2.82. The molecule has 0 saturated carbocycles. The maximum absolute atomic E-state index is 13.3. The molecule has 0 aliphatic carbocycles. The number of carbonyl (C=O) groups excluding carboxylic acids is 2. The quantitative estimate of drug-likeness (QED) is 0.679. The molecule has 0 aromatic heterocycles. The average molecular weight is 411 g/mol. The molecule has 1 atom stereocenters. The first-order valence-corrected chi connectivity index (χ1v) is 10.5. The summed E-state index contributed by atoms with van der Waals surface area (Å²) >= 11 is 0. The van der Waals surface area contributed by atoms with E-state index in [0.717, 1.165) is 28.0 Å². The SMILES string of the molecule is COc1cccc(CN(C(=O)Cc2cc(C)ccc2C)[C@@H](C)C(=O)NCC(C)C)c1. The van der Waals surface area contributed by atoms with Crippen LogP contribution in [0.4, 0.5) is 0 Å². The number of hydrogen-bond acceptors (Lipinski definition) is 3. The van der Waals surface area contributed by atoms with Gasteiger partial charge in [0.25, 0.3) is 0 Å². The van der Waals surface area contributed by atoms with E-state index in [1.54, 1.807) is 18.9 Å². The van der Waals surface area contributed by atoms with Crippen LogP contribution in [0.25, 0.3) is 0 Å². The smallest absolute Gasteiger partial charge is 0.242 e. The molecule has 2 aromatic rings. The Morgan fingerprint density at radius 2 is 1.80 bits per heavy atom. The Balaban J connectivity index is 2.27. The highest BCUT2D eigenvalue weighted by Crippen LogP contribution is 2.18. The number of nitrogens with zero attached hydrogens (tertiary/aromatic N) is 1. The van der Waals surface area contributed by atoms with Gasteiger partial charge >= 0.3 is 0 Å². The van der Waals surface area contributed by atoms with Crippen LogP contribution in [0.1, 0.15) is 43.0 Å². The van der Waals surface area contributed by atoms with Crippen LogP contribution in [-0.2, 0) is 22.6 Å². The van der Waals surface area contributed by atoms with Crippen molar-refractivity contribution in [1.29, 1.82) is 0 Å². The van der Waals surface area contributed by atoms with Crippen LogP contribution in [0.3, 0.4) is 0 Å². The van der Waals surface area contributed by atoms with Gasteiger partial charge in [0.15, 0.2) is 0 Å². The van der Waals surface area contributed by atoms with Crippen molar-refractivity contribution < 1.29 is 14.3 Å². The second-order valence-corrected chi connectivity index (χ2v) is 8.29. The topological polar surface area (TPSA) is 58.6 Å². The minimum absolute atomic E-state index is 0.0706. The largest absolute Gasteiger partial charge is 0.497 e. The van der Waals surface area contributed by atoms with Gasteiger partial charge in [0.05, 0.1) is 13.5 Å². The lowest BCUT2D eigenvalue weighted by molar-refractivity contribution is -0.140. The molecule has 0 heterocycles. The summed E-state index contributed by atoms with van der Waals surface area (Å²) in [5.41, 5.74) is 4.11. The van der Waals surface area contributed by atoms with Gasteiger partial charge in [0.2, 0.25) is 11.8 Å². The van der Waals surface area contributed by atoms with Gasteiger partial charge in [0.1, 0.15) is 11.8 Å². The second-order valence-electron chi connectivity index (χ2n) is 8.29. The zero-order valence-corrected chi connectivity index (χ0v) is 19.0. The van der Waals surface area contributed by atoms with Gasteiger partial charge in [-0.05, 0) is 55.5 Å². The molecule has 0 saturated heterocycles. The minimum Gasteiger partial charge on any atom is -0.497 e. The van der Waals surface area contributed by atoms with E-state index in [0.29, 0.717) is 19.0 Å². The fourth-order valence-electron chi connectivity index (χ4n) is 3.26. The number of nitrogens with one attached hydrogen (secondary N) is 1. The highest BCUT2D eigenvalue weighted by atomic mass is 16.5. The third-order valence-corrected chi connectivity index (χ3v) is 5.19. The number of benzene rings is 2. The van der Waals surface area contributed by atoms with Gasteiger partial charge in [0, 0.05) is 13.1 Å². The molecular formula is C25H34N2O3. The Bertz CT molecular complexity index is 876. The minimum atomic E-state index is -0.576.